The second kappa shape index (κ2) is 5.76. The fourth-order valence-electron chi connectivity index (χ4n) is 2.74. The molecule has 1 N–H and O–H groups in total. The van der Waals surface area contributed by atoms with Crippen molar-refractivity contribution < 1.29 is 13.6 Å². The van der Waals surface area contributed by atoms with Crippen LogP contribution in [0.4, 0.5) is 20.4 Å². The van der Waals surface area contributed by atoms with Gasteiger partial charge in [-0.1, -0.05) is 6.07 Å². The highest BCUT2D eigenvalue weighted by molar-refractivity contribution is 6.02. The van der Waals surface area contributed by atoms with Gasteiger partial charge in [0.05, 0.1) is 12.7 Å². The minimum Gasteiger partial charge on any atom is -0.349 e. The molecule has 1 aliphatic heterocycles. The normalized spacial score (nSPS) is 16.3. The summed E-state index contributed by atoms with van der Waals surface area (Å²) in [4.78, 5) is 22.1. The number of hydrogen-bond acceptors (Lipinski definition) is 5. The Morgan fingerprint density at radius 3 is 2.80 bits per heavy atom. The van der Waals surface area contributed by atoms with Gasteiger partial charge in [0.15, 0.2) is 11.3 Å². The predicted octanol–water partition coefficient (Wildman–Crippen LogP) is 2.22. The fourth-order valence-corrected chi connectivity index (χ4v) is 2.74. The number of anilines is 2. The highest BCUT2D eigenvalue weighted by Crippen LogP contribution is 2.29. The van der Waals surface area contributed by atoms with Crippen LogP contribution in [0.2, 0.25) is 0 Å². The Labute approximate surface area is 141 Å². The standard InChI is InChI=1S/C16H14F2N6O/c17-16(18)6-8-23(10-16)14-5-4-13-20-9-11(24(13)22-14)15(25)21-12-3-1-2-7-19-12/h1-5,7,9H,6,8,10H2,(H,19,21,25). The minimum absolute atomic E-state index is 0.202. The lowest BCUT2D eigenvalue weighted by Crippen LogP contribution is -2.26. The quantitative estimate of drug-likeness (QED) is 0.788. The maximum atomic E-state index is 13.4. The molecule has 0 unspecified atom stereocenters. The third kappa shape index (κ3) is 3.00. The highest BCUT2D eigenvalue weighted by atomic mass is 19.3. The van der Waals surface area contributed by atoms with Gasteiger partial charge in [0, 0.05) is 19.2 Å². The minimum atomic E-state index is -2.72. The van der Waals surface area contributed by atoms with Crippen molar-refractivity contribution in [1.29, 1.82) is 0 Å². The molecule has 0 aromatic carbocycles. The molecule has 0 bridgehead atoms. The smallest absolute Gasteiger partial charge is 0.277 e. The number of alkyl halides is 2. The van der Waals surface area contributed by atoms with Gasteiger partial charge in [-0.2, -0.15) is 0 Å². The molecule has 1 saturated heterocycles. The van der Waals surface area contributed by atoms with Gasteiger partial charge in [0.2, 0.25) is 0 Å². The number of amides is 1. The van der Waals surface area contributed by atoms with E-state index in [1.54, 1.807) is 36.5 Å². The van der Waals surface area contributed by atoms with Crippen molar-refractivity contribution in [2.45, 2.75) is 12.3 Å². The summed E-state index contributed by atoms with van der Waals surface area (Å²) in [5.41, 5.74) is 0.661. The molecule has 0 atom stereocenters. The number of hydrogen-bond donors (Lipinski definition) is 1. The summed E-state index contributed by atoms with van der Waals surface area (Å²) in [5.74, 6) is -2.36. The molecule has 4 rings (SSSR count). The molecular weight excluding hydrogens is 330 g/mol. The molecule has 1 aliphatic rings. The van der Waals surface area contributed by atoms with Crippen LogP contribution in [0.3, 0.4) is 0 Å². The lowest BCUT2D eigenvalue weighted by Gasteiger charge is -2.17. The molecule has 0 spiro atoms. The molecule has 7 nitrogen and oxygen atoms in total. The first kappa shape index (κ1) is 15.4. The Morgan fingerprint density at radius 1 is 1.20 bits per heavy atom. The maximum Gasteiger partial charge on any atom is 0.277 e. The molecule has 25 heavy (non-hydrogen) atoms. The first-order valence-corrected chi connectivity index (χ1v) is 7.72. The van der Waals surface area contributed by atoms with Gasteiger partial charge in [-0.05, 0) is 24.3 Å². The van der Waals surface area contributed by atoms with Crippen molar-refractivity contribution in [1.82, 2.24) is 19.6 Å². The van der Waals surface area contributed by atoms with E-state index in [2.05, 4.69) is 20.4 Å². The monoisotopic (exact) mass is 344 g/mol. The summed E-state index contributed by atoms with van der Waals surface area (Å²) >= 11 is 0. The van der Waals surface area contributed by atoms with E-state index in [1.807, 2.05) is 0 Å². The van der Waals surface area contributed by atoms with Crippen molar-refractivity contribution in [2.75, 3.05) is 23.3 Å². The number of aromatic nitrogens is 4. The zero-order chi connectivity index (χ0) is 17.4. The highest BCUT2D eigenvalue weighted by Gasteiger charge is 2.38. The molecule has 3 aromatic heterocycles. The van der Waals surface area contributed by atoms with Crippen LogP contribution in [0, 0.1) is 0 Å². The molecule has 9 heteroatoms. The zero-order valence-corrected chi connectivity index (χ0v) is 13.1. The van der Waals surface area contributed by atoms with Gasteiger partial charge in [0.1, 0.15) is 11.6 Å². The number of fused-ring (bicyclic) bond motifs is 1. The lowest BCUT2D eigenvalue weighted by atomic mass is 10.3. The summed E-state index contributed by atoms with van der Waals surface area (Å²) < 4.78 is 28.2. The van der Waals surface area contributed by atoms with Crippen LogP contribution in [0.1, 0.15) is 16.9 Å². The van der Waals surface area contributed by atoms with E-state index in [0.29, 0.717) is 17.3 Å². The number of imidazole rings is 1. The second-order valence-corrected chi connectivity index (χ2v) is 5.80. The molecule has 128 valence electrons. The van der Waals surface area contributed by atoms with Crippen molar-refractivity contribution in [2.24, 2.45) is 0 Å². The van der Waals surface area contributed by atoms with Gasteiger partial charge in [0.25, 0.3) is 11.8 Å². The van der Waals surface area contributed by atoms with Crippen LogP contribution < -0.4 is 10.2 Å². The van der Waals surface area contributed by atoms with E-state index in [-0.39, 0.29) is 25.2 Å². The predicted molar refractivity (Wildman–Crippen MR) is 87.0 cm³/mol. The van der Waals surface area contributed by atoms with Crippen LogP contribution in [0.5, 0.6) is 0 Å². The number of pyridine rings is 1. The Hall–Kier alpha value is -3.10. The zero-order valence-electron chi connectivity index (χ0n) is 13.1. The number of nitrogens with one attached hydrogen (secondary N) is 1. The summed E-state index contributed by atoms with van der Waals surface area (Å²) in [6.07, 6.45) is 2.75. The van der Waals surface area contributed by atoms with Gasteiger partial charge < -0.3 is 10.2 Å². The first-order valence-electron chi connectivity index (χ1n) is 7.72. The summed E-state index contributed by atoms with van der Waals surface area (Å²) in [6, 6.07) is 8.43. The molecule has 1 fully saturated rings. The van der Waals surface area contributed by atoms with E-state index < -0.39 is 11.8 Å². The van der Waals surface area contributed by atoms with Crippen molar-refractivity contribution in [3.05, 3.63) is 48.4 Å². The van der Waals surface area contributed by atoms with Crippen LogP contribution in [-0.2, 0) is 0 Å². The summed E-state index contributed by atoms with van der Waals surface area (Å²) in [6.45, 7) is -0.161. The first-order chi connectivity index (χ1) is 12.0. The largest absolute Gasteiger partial charge is 0.349 e. The van der Waals surface area contributed by atoms with E-state index in [4.69, 9.17) is 0 Å². The van der Waals surface area contributed by atoms with E-state index in [9.17, 15) is 13.6 Å². The third-order valence-electron chi connectivity index (χ3n) is 3.98. The van der Waals surface area contributed by atoms with Crippen LogP contribution >= 0.6 is 0 Å². The number of carbonyl (C=O) groups excluding carboxylic acids is 1. The number of halogens is 2. The number of carbonyl (C=O) groups is 1. The van der Waals surface area contributed by atoms with E-state index in [0.717, 1.165) is 0 Å². The molecule has 0 saturated carbocycles. The molecule has 1 amide bonds. The van der Waals surface area contributed by atoms with Crippen molar-refractivity contribution in [3.8, 4) is 0 Å². The second-order valence-electron chi connectivity index (χ2n) is 5.80. The number of rotatable bonds is 3. The van der Waals surface area contributed by atoms with Gasteiger partial charge in [-0.3, -0.25) is 4.79 Å². The Bertz CT molecular complexity index is 927. The fraction of sp³-hybridized carbons (Fsp3) is 0.250. The third-order valence-corrected chi connectivity index (χ3v) is 3.98. The van der Waals surface area contributed by atoms with Crippen LogP contribution in [0.15, 0.2) is 42.7 Å². The topological polar surface area (TPSA) is 75.4 Å². The lowest BCUT2D eigenvalue weighted by molar-refractivity contribution is 0.0256. The molecule has 4 heterocycles. The van der Waals surface area contributed by atoms with E-state index >= 15 is 0 Å². The van der Waals surface area contributed by atoms with Gasteiger partial charge in [-0.15, -0.1) is 5.10 Å². The maximum absolute atomic E-state index is 13.4. The van der Waals surface area contributed by atoms with Crippen molar-refractivity contribution in [3.63, 3.8) is 0 Å². The summed E-state index contributed by atoms with van der Waals surface area (Å²) in [7, 11) is 0. The summed E-state index contributed by atoms with van der Waals surface area (Å²) in [5, 5.41) is 6.97. The van der Waals surface area contributed by atoms with Crippen LogP contribution in [0.25, 0.3) is 5.65 Å². The van der Waals surface area contributed by atoms with Gasteiger partial charge >= 0.3 is 0 Å². The van der Waals surface area contributed by atoms with E-state index in [1.165, 1.54) is 15.6 Å². The Kier molecular flexibility index (Phi) is 3.56. The van der Waals surface area contributed by atoms with Gasteiger partial charge in [-0.25, -0.2) is 23.3 Å². The average Bonchev–Trinajstić information content (AvgIpc) is 3.18. The SMILES string of the molecule is O=C(Nc1ccccn1)c1cnc2ccc(N3CCC(F)(F)C3)nn12. The molecule has 0 radical (unpaired) electrons. The molecule has 3 aromatic rings. The number of nitrogens with zero attached hydrogens (tertiary/aromatic N) is 5. The van der Waals surface area contributed by atoms with Crippen LogP contribution in [-0.4, -0.2) is 44.5 Å². The average molecular weight is 344 g/mol. The van der Waals surface area contributed by atoms with Crippen molar-refractivity contribution >= 4 is 23.2 Å². The Morgan fingerprint density at radius 2 is 2.08 bits per heavy atom. The molecular formula is C16H14F2N6O. The Balaban J connectivity index is 1.64. The molecule has 0 aliphatic carbocycles.